The molecule has 106 valence electrons. The Labute approximate surface area is 119 Å². The van der Waals surface area contributed by atoms with Crippen molar-refractivity contribution in [2.75, 3.05) is 32.7 Å². The van der Waals surface area contributed by atoms with Crippen LogP contribution in [0.1, 0.15) is 16.1 Å². The summed E-state index contributed by atoms with van der Waals surface area (Å²) in [6.07, 6.45) is 0. The van der Waals surface area contributed by atoms with Gasteiger partial charge in [0.2, 0.25) is 0 Å². The minimum atomic E-state index is 0.237. The maximum Gasteiger partial charge on any atom is 0.179 e. The van der Waals surface area contributed by atoms with E-state index in [4.69, 9.17) is 0 Å². The number of nitrogens with one attached hydrogen (secondary N) is 1. The molecule has 0 unspecified atom stereocenters. The second-order valence-corrected chi connectivity index (χ2v) is 5.49. The Balaban J connectivity index is 1.93. The minimum Gasteiger partial charge on any atom is -0.347 e. The van der Waals surface area contributed by atoms with Crippen LogP contribution in [0.5, 0.6) is 0 Å². The van der Waals surface area contributed by atoms with Crippen molar-refractivity contribution in [3.05, 3.63) is 35.5 Å². The van der Waals surface area contributed by atoms with Crippen molar-refractivity contribution in [3.8, 4) is 0 Å². The third-order valence-electron chi connectivity index (χ3n) is 4.26. The van der Waals surface area contributed by atoms with E-state index < -0.39 is 0 Å². The third-order valence-corrected chi connectivity index (χ3v) is 4.26. The van der Waals surface area contributed by atoms with Gasteiger partial charge in [0.1, 0.15) is 0 Å². The molecule has 1 fully saturated rings. The molecule has 4 heteroatoms. The molecule has 0 bridgehead atoms. The van der Waals surface area contributed by atoms with E-state index in [-0.39, 0.29) is 5.78 Å². The SMILES string of the molecule is Cc1c(C(=O)CN2CCNCC2)c2ccccc2n1C. The molecule has 4 nitrogen and oxygen atoms in total. The lowest BCUT2D eigenvalue weighted by atomic mass is 10.1. The monoisotopic (exact) mass is 271 g/mol. The average Bonchev–Trinajstić information content (AvgIpc) is 2.72. The summed E-state index contributed by atoms with van der Waals surface area (Å²) in [6, 6.07) is 8.15. The highest BCUT2D eigenvalue weighted by molar-refractivity contribution is 6.10. The maximum atomic E-state index is 12.7. The van der Waals surface area contributed by atoms with E-state index in [0.29, 0.717) is 6.54 Å². The fourth-order valence-corrected chi connectivity index (χ4v) is 3.02. The normalized spacial score (nSPS) is 16.7. The number of para-hydroxylation sites is 1. The van der Waals surface area contributed by atoms with Crippen LogP contribution in [0.2, 0.25) is 0 Å². The fourth-order valence-electron chi connectivity index (χ4n) is 3.02. The molecule has 0 amide bonds. The molecule has 1 N–H and O–H groups in total. The first-order chi connectivity index (χ1) is 9.68. The van der Waals surface area contributed by atoms with Gasteiger partial charge in [-0.25, -0.2) is 0 Å². The van der Waals surface area contributed by atoms with E-state index in [2.05, 4.69) is 20.9 Å². The van der Waals surface area contributed by atoms with Gasteiger partial charge in [0, 0.05) is 55.4 Å². The Hall–Kier alpha value is -1.65. The molecule has 0 atom stereocenters. The van der Waals surface area contributed by atoms with Crippen LogP contribution in [-0.2, 0) is 7.05 Å². The van der Waals surface area contributed by atoms with Crippen molar-refractivity contribution < 1.29 is 4.79 Å². The molecular formula is C16H21N3O. The molecular weight excluding hydrogens is 250 g/mol. The zero-order valence-electron chi connectivity index (χ0n) is 12.1. The number of aromatic nitrogens is 1. The zero-order valence-corrected chi connectivity index (χ0v) is 12.1. The number of fused-ring (bicyclic) bond motifs is 1. The van der Waals surface area contributed by atoms with Crippen LogP contribution in [0.3, 0.4) is 0 Å². The number of hydrogen-bond acceptors (Lipinski definition) is 3. The molecule has 3 rings (SSSR count). The molecule has 0 spiro atoms. The van der Waals surface area contributed by atoms with E-state index in [1.807, 2.05) is 32.2 Å². The number of benzene rings is 1. The molecule has 1 aromatic heterocycles. The Morgan fingerprint density at radius 3 is 2.70 bits per heavy atom. The quantitative estimate of drug-likeness (QED) is 0.861. The van der Waals surface area contributed by atoms with Crippen molar-refractivity contribution in [1.82, 2.24) is 14.8 Å². The first kappa shape index (κ1) is 13.3. The summed E-state index contributed by atoms with van der Waals surface area (Å²) in [5, 5.41) is 4.39. The molecule has 2 heterocycles. The van der Waals surface area contributed by atoms with Crippen molar-refractivity contribution in [3.63, 3.8) is 0 Å². The predicted molar refractivity (Wildman–Crippen MR) is 81.3 cm³/mol. The van der Waals surface area contributed by atoms with E-state index in [0.717, 1.165) is 48.3 Å². The highest BCUT2D eigenvalue weighted by Gasteiger charge is 2.21. The lowest BCUT2D eigenvalue weighted by Gasteiger charge is -2.26. The second-order valence-electron chi connectivity index (χ2n) is 5.49. The Bertz CT molecular complexity index is 638. The summed E-state index contributed by atoms with van der Waals surface area (Å²) in [4.78, 5) is 14.9. The predicted octanol–water partition coefficient (Wildman–Crippen LogP) is 1.57. The zero-order chi connectivity index (χ0) is 14.1. The average molecular weight is 271 g/mol. The van der Waals surface area contributed by atoms with Gasteiger partial charge in [-0.3, -0.25) is 9.69 Å². The lowest BCUT2D eigenvalue weighted by Crippen LogP contribution is -2.45. The Kier molecular flexibility index (Phi) is 3.59. The third kappa shape index (κ3) is 2.25. The van der Waals surface area contributed by atoms with E-state index in [9.17, 15) is 4.79 Å². The van der Waals surface area contributed by atoms with Gasteiger partial charge in [-0.05, 0) is 13.0 Å². The second kappa shape index (κ2) is 5.38. The minimum absolute atomic E-state index is 0.237. The summed E-state index contributed by atoms with van der Waals surface area (Å²) in [5.74, 6) is 0.237. The molecule has 0 aliphatic carbocycles. The summed E-state index contributed by atoms with van der Waals surface area (Å²) >= 11 is 0. The standard InChI is InChI=1S/C16H21N3O/c1-12-16(13-5-3-4-6-14(13)18(12)2)15(20)11-19-9-7-17-8-10-19/h3-6,17H,7-11H2,1-2H3. The van der Waals surface area contributed by atoms with Crippen molar-refractivity contribution in [2.24, 2.45) is 7.05 Å². The van der Waals surface area contributed by atoms with Crippen LogP contribution < -0.4 is 5.32 Å². The van der Waals surface area contributed by atoms with Crippen LogP contribution in [0, 0.1) is 6.92 Å². The number of carbonyl (C=O) groups is 1. The molecule has 2 aromatic rings. The molecule has 20 heavy (non-hydrogen) atoms. The van der Waals surface area contributed by atoms with E-state index in [1.165, 1.54) is 0 Å². The van der Waals surface area contributed by atoms with Crippen LogP contribution in [0.15, 0.2) is 24.3 Å². The topological polar surface area (TPSA) is 37.3 Å². The molecule has 1 aliphatic heterocycles. The fraction of sp³-hybridized carbons (Fsp3) is 0.438. The van der Waals surface area contributed by atoms with Crippen molar-refractivity contribution in [1.29, 1.82) is 0 Å². The highest BCUT2D eigenvalue weighted by atomic mass is 16.1. The number of ketones is 1. The van der Waals surface area contributed by atoms with Gasteiger partial charge in [0.15, 0.2) is 5.78 Å². The van der Waals surface area contributed by atoms with Gasteiger partial charge in [-0.1, -0.05) is 18.2 Å². The number of aryl methyl sites for hydroxylation is 1. The summed E-state index contributed by atoms with van der Waals surface area (Å²) in [7, 11) is 2.03. The summed E-state index contributed by atoms with van der Waals surface area (Å²) in [6.45, 7) is 6.41. The summed E-state index contributed by atoms with van der Waals surface area (Å²) < 4.78 is 2.11. The van der Waals surface area contributed by atoms with E-state index in [1.54, 1.807) is 0 Å². The van der Waals surface area contributed by atoms with Crippen LogP contribution in [-0.4, -0.2) is 48.0 Å². The van der Waals surface area contributed by atoms with Crippen molar-refractivity contribution in [2.45, 2.75) is 6.92 Å². The van der Waals surface area contributed by atoms with Gasteiger partial charge in [-0.2, -0.15) is 0 Å². The summed E-state index contributed by atoms with van der Waals surface area (Å²) in [5.41, 5.74) is 3.08. The van der Waals surface area contributed by atoms with Gasteiger partial charge >= 0.3 is 0 Å². The van der Waals surface area contributed by atoms with Gasteiger partial charge in [0.05, 0.1) is 6.54 Å². The van der Waals surface area contributed by atoms with E-state index >= 15 is 0 Å². The van der Waals surface area contributed by atoms with Gasteiger partial charge < -0.3 is 9.88 Å². The molecule has 0 saturated carbocycles. The van der Waals surface area contributed by atoms with Crippen LogP contribution in [0.25, 0.3) is 10.9 Å². The number of rotatable bonds is 3. The number of piperazine rings is 1. The lowest BCUT2D eigenvalue weighted by molar-refractivity contribution is 0.0922. The number of nitrogens with zero attached hydrogens (tertiary/aromatic N) is 2. The van der Waals surface area contributed by atoms with Crippen LogP contribution in [0.4, 0.5) is 0 Å². The molecule has 1 saturated heterocycles. The first-order valence-corrected chi connectivity index (χ1v) is 7.19. The van der Waals surface area contributed by atoms with Gasteiger partial charge in [0.25, 0.3) is 0 Å². The molecule has 1 aliphatic rings. The smallest absolute Gasteiger partial charge is 0.179 e. The largest absolute Gasteiger partial charge is 0.347 e. The van der Waals surface area contributed by atoms with Gasteiger partial charge in [-0.15, -0.1) is 0 Å². The molecule has 1 aromatic carbocycles. The number of carbonyl (C=O) groups excluding carboxylic acids is 1. The Morgan fingerprint density at radius 2 is 1.95 bits per heavy atom. The number of hydrogen-bond donors (Lipinski definition) is 1. The maximum absolute atomic E-state index is 12.7. The number of Topliss-reactive ketones (excluding diaryl/α,β-unsaturated/α-hetero) is 1. The first-order valence-electron chi connectivity index (χ1n) is 7.19. The molecule has 0 radical (unpaired) electrons. The van der Waals surface area contributed by atoms with Crippen molar-refractivity contribution >= 4 is 16.7 Å². The Morgan fingerprint density at radius 1 is 1.25 bits per heavy atom. The van der Waals surface area contributed by atoms with Crippen LogP contribution >= 0.6 is 0 Å². The highest BCUT2D eigenvalue weighted by Crippen LogP contribution is 2.25.